The summed E-state index contributed by atoms with van der Waals surface area (Å²) >= 11 is 12.8. The molecule has 5 aromatic rings. The minimum Gasteiger partial charge on any atom is -0.454 e. The number of para-hydroxylation sites is 2. The van der Waals surface area contributed by atoms with E-state index in [0.29, 0.717) is 38.1 Å². The first-order valence-corrected chi connectivity index (χ1v) is 11.3. The van der Waals surface area contributed by atoms with Gasteiger partial charge in [-0.05, 0) is 35.2 Å². The van der Waals surface area contributed by atoms with Gasteiger partial charge in [0.05, 0.1) is 21.4 Å². The lowest BCUT2D eigenvalue weighted by molar-refractivity contribution is 0.589. The Labute approximate surface area is 201 Å². The number of nitrogens with one attached hydrogen (secondary N) is 2. The lowest BCUT2D eigenvalue weighted by atomic mass is 9.86. The van der Waals surface area contributed by atoms with Crippen molar-refractivity contribution in [2.24, 2.45) is 5.10 Å². The van der Waals surface area contributed by atoms with Crippen LogP contribution in [0.3, 0.4) is 0 Å². The zero-order valence-electron chi connectivity index (χ0n) is 18.4. The Morgan fingerprint density at radius 2 is 1.73 bits per heavy atom. The number of anilines is 1. The van der Waals surface area contributed by atoms with Gasteiger partial charge in [-0.3, -0.25) is 0 Å². The molecule has 0 saturated carbocycles. The highest BCUT2D eigenvalue weighted by atomic mass is 35.5. The van der Waals surface area contributed by atoms with Gasteiger partial charge in [-0.2, -0.15) is 5.10 Å². The SMILES string of the molecule is CC(C)(C)c1ccc(-c2c/c(=N\Nc3nc4ccccc4[nH]3)c3cc(Cl)cc(Cl)c3o2)cc1. The van der Waals surface area contributed by atoms with Crippen molar-refractivity contribution in [3.05, 3.63) is 87.7 Å². The number of nitrogens with zero attached hydrogens (tertiary/aromatic N) is 2. The lowest BCUT2D eigenvalue weighted by Gasteiger charge is -2.19. The molecule has 0 atom stereocenters. The van der Waals surface area contributed by atoms with Gasteiger partial charge in [-0.15, -0.1) is 0 Å². The minimum absolute atomic E-state index is 0.0656. The Bertz CT molecular complexity index is 1510. The first kappa shape index (κ1) is 21.6. The maximum Gasteiger partial charge on any atom is 0.222 e. The van der Waals surface area contributed by atoms with E-state index in [2.05, 4.69) is 53.4 Å². The molecule has 5 nitrogen and oxygen atoms in total. The van der Waals surface area contributed by atoms with Gasteiger partial charge in [-0.25, -0.2) is 10.4 Å². The van der Waals surface area contributed by atoms with Crippen molar-refractivity contribution < 1.29 is 4.42 Å². The Kier molecular flexibility index (Phi) is 5.39. The van der Waals surface area contributed by atoms with Crippen molar-refractivity contribution in [2.45, 2.75) is 26.2 Å². The highest BCUT2D eigenvalue weighted by molar-refractivity contribution is 6.38. The molecular weight excluding hydrogens is 455 g/mol. The van der Waals surface area contributed by atoms with E-state index in [4.69, 9.17) is 27.6 Å². The van der Waals surface area contributed by atoms with Crippen molar-refractivity contribution in [1.82, 2.24) is 9.97 Å². The average molecular weight is 477 g/mol. The molecule has 0 spiro atoms. The molecule has 2 aromatic heterocycles. The van der Waals surface area contributed by atoms with Crippen LogP contribution in [0.15, 0.2) is 76.2 Å². The van der Waals surface area contributed by atoms with E-state index in [1.54, 1.807) is 12.1 Å². The maximum atomic E-state index is 6.49. The Hall–Kier alpha value is -3.28. The number of rotatable bonds is 3. The van der Waals surface area contributed by atoms with E-state index in [-0.39, 0.29) is 5.41 Å². The molecule has 33 heavy (non-hydrogen) atoms. The Balaban J connectivity index is 1.64. The minimum atomic E-state index is 0.0656. The summed E-state index contributed by atoms with van der Waals surface area (Å²) in [5.41, 5.74) is 7.55. The number of H-pyrrole nitrogens is 1. The van der Waals surface area contributed by atoms with Gasteiger partial charge >= 0.3 is 0 Å². The summed E-state index contributed by atoms with van der Waals surface area (Å²) in [6, 6.07) is 21.4. The first-order chi connectivity index (χ1) is 15.8. The molecule has 0 aliphatic rings. The van der Waals surface area contributed by atoms with Crippen LogP contribution in [0, 0.1) is 0 Å². The fourth-order valence-corrected chi connectivity index (χ4v) is 4.22. The topological polar surface area (TPSA) is 66.2 Å². The third-order valence-electron chi connectivity index (χ3n) is 5.47. The molecule has 0 saturated heterocycles. The number of fused-ring (bicyclic) bond motifs is 2. The third kappa shape index (κ3) is 4.34. The number of imidazole rings is 1. The van der Waals surface area contributed by atoms with Crippen LogP contribution in [0.5, 0.6) is 0 Å². The average Bonchev–Trinajstić information content (AvgIpc) is 3.20. The van der Waals surface area contributed by atoms with E-state index in [1.807, 2.05) is 42.5 Å². The van der Waals surface area contributed by atoms with Gasteiger partial charge in [0.2, 0.25) is 5.95 Å². The van der Waals surface area contributed by atoms with Crippen LogP contribution in [0.25, 0.3) is 33.3 Å². The second kappa shape index (κ2) is 8.25. The summed E-state index contributed by atoms with van der Waals surface area (Å²) in [4.78, 5) is 7.73. The van der Waals surface area contributed by atoms with Gasteiger partial charge in [0.25, 0.3) is 0 Å². The van der Waals surface area contributed by atoms with Crippen LogP contribution >= 0.6 is 23.2 Å². The van der Waals surface area contributed by atoms with Crippen LogP contribution in [-0.4, -0.2) is 9.97 Å². The van der Waals surface area contributed by atoms with Crippen molar-refractivity contribution in [3.63, 3.8) is 0 Å². The largest absolute Gasteiger partial charge is 0.454 e. The fraction of sp³-hybridized carbons (Fsp3) is 0.154. The Morgan fingerprint density at radius 1 is 0.970 bits per heavy atom. The second-order valence-electron chi connectivity index (χ2n) is 8.91. The second-order valence-corrected chi connectivity index (χ2v) is 9.76. The fourth-order valence-electron chi connectivity index (χ4n) is 3.68. The predicted molar refractivity (Wildman–Crippen MR) is 136 cm³/mol. The molecule has 0 amide bonds. The summed E-state index contributed by atoms with van der Waals surface area (Å²) in [5.74, 6) is 1.19. The van der Waals surface area contributed by atoms with Gasteiger partial charge in [0, 0.05) is 22.0 Å². The smallest absolute Gasteiger partial charge is 0.222 e. The summed E-state index contributed by atoms with van der Waals surface area (Å²) in [6.07, 6.45) is 0. The van der Waals surface area contributed by atoms with E-state index in [1.165, 1.54) is 5.56 Å². The summed E-state index contributed by atoms with van der Waals surface area (Å²) in [5, 5.41) is 6.87. The van der Waals surface area contributed by atoms with Crippen molar-refractivity contribution >= 4 is 51.2 Å². The number of benzene rings is 3. The van der Waals surface area contributed by atoms with Crippen molar-refractivity contribution in [2.75, 3.05) is 5.43 Å². The van der Waals surface area contributed by atoms with Crippen molar-refractivity contribution in [1.29, 1.82) is 0 Å². The normalized spacial score (nSPS) is 12.6. The van der Waals surface area contributed by atoms with Crippen LogP contribution in [0.2, 0.25) is 10.0 Å². The van der Waals surface area contributed by atoms with E-state index in [9.17, 15) is 0 Å². The van der Waals surface area contributed by atoms with E-state index >= 15 is 0 Å². The number of hydrogen-bond acceptors (Lipinski definition) is 4. The monoisotopic (exact) mass is 476 g/mol. The molecule has 7 heteroatoms. The standard InChI is InChI=1S/C26H22Cl2N4O/c1-26(2,3)16-10-8-15(9-11-16)23-14-22(18-12-17(27)13-19(28)24(18)33-23)31-32-25-29-20-6-4-5-7-21(20)30-25/h4-14H,1-3H3,(H2,29,30,32)/b31-22+. The first-order valence-electron chi connectivity index (χ1n) is 10.6. The van der Waals surface area contributed by atoms with Gasteiger partial charge in [0.15, 0.2) is 5.58 Å². The summed E-state index contributed by atoms with van der Waals surface area (Å²) < 4.78 is 6.20. The molecular formula is C26H22Cl2N4O. The summed E-state index contributed by atoms with van der Waals surface area (Å²) in [6.45, 7) is 6.56. The third-order valence-corrected chi connectivity index (χ3v) is 5.97. The zero-order chi connectivity index (χ0) is 23.2. The van der Waals surface area contributed by atoms with Gasteiger partial charge < -0.3 is 9.40 Å². The predicted octanol–water partition coefficient (Wildman–Crippen LogP) is 7.51. The quantitative estimate of drug-likeness (QED) is 0.264. The molecule has 0 unspecified atom stereocenters. The number of aromatic nitrogens is 2. The molecule has 166 valence electrons. The molecule has 0 fully saturated rings. The number of hydrogen-bond donors (Lipinski definition) is 2. The van der Waals surface area contributed by atoms with Crippen LogP contribution in [0.4, 0.5) is 5.95 Å². The molecule has 0 bridgehead atoms. The summed E-state index contributed by atoms with van der Waals surface area (Å²) in [7, 11) is 0. The Morgan fingerprint density at radius 3 is 2.45 bits per heavy atom. The van der Waals surface area contributed by atoms with Crippen LogP contribution < -0.4 is 10.8 Å². The van der Waals surface area contributed by atoms with Crippen molar-refractivity contribution in [3.8, 4) is 11.3 Å². The lowest BCUT2D eigenvalue weighted by Crippen LogP contribution is -2.10. The molecule has 2 N–H and O–H groups in total. The molecule has 0 radical (unpaired) electrons. The maximum absolute atomic E-state index is 6.49. The highest BCUT2D eigenvalue weighted by Gasteiger charge is 2.15. The van der Waals surface area contributed by atoms with Crippen LogP contribution in [0.1, 0.15) is 26.3 Å². The molecule has 3 aromatic carbocycles. The van der Waals surface area contributed by atoms with Gasteiger partial charge in [0.1, 0.15) is 5.76 Å². The molecule has 2 heterocycles. The van der Waals surface area contributed by atoms with E-state index in [0.717, 1.165) is 16.6 Å². The molecule has 0 aliphatic carbocycles. The molecule has 0 aliphatic heterocycles. The number of aromatic amines is 1. The highest BCUT2D eigenvalue weighted by Crippen LogP contribution is 2.31. The van der Waals surface area contributed by atoms with E-state index < -0.39 is 0 Å². The zero-order valence-corrected chi connectivity index (χ0v) is 19.9. The number of halogens is 2. The molecule has 5 rings (SSSR count). The van der Waals surface area contributed by atoms with Crippen LogP contribution in [-0.2, 0) is 5.41 Å². The van der Waals surface area contributed by atoms with Gasteiger partial charge in [-0.1, -0.05) is 80.4 Å².